The fourth-order valence-corrected chi connectivity index (χ4v) is 1.14. The van der Waals surface area contributed by atoms with E-state index in [9.17, 15) is 4.79 Å². The second-order valence-electron chi connectivity index (χ2n) is 3.32. The largest absolute Gasteiger partial charge is 0.320 e. The van der Waals surface area contributed by atoms with Crippen LogP contribution in [0.5, 0.6) is 0 Å². The van der Waals surface area contributed by atoms with Crippen molar-refractivity contribution in [1.29, 1.82) is 0 Å². The molecule has 78 valence electrons. The van der Waals surface area contributed by atoms with Gasteiger partial charge in [-0.15, -0.1) is 0 Å². The molecule has 0 spiro atoms. The molecule has 0 radical (unpaired) electrons. The van der Waals surface area contributed by atoms with E-state index >= 15 is 0 Å². The second kappa shape index (κ2) is 4.76. The average Bonchev–Trinajstić information content (AvgIpc) is 2.51. The van der Waals surface area contributed by atoms with Crippen LogP contribution >= 0.6 is 0 Å². The summed E-state index contributed by atoms with van der Waals surface area (Å²) in [6.07, 6.45) is 1.59. The zero-order valence-electron chi connectivity index (χ0n) is 8.50. The number of rotatable bonds is 4. The zero-order chi connectivity index (χ0) is 10.6. The third-order valence-electron chi connectivity index (χ3n) is 1.89. The lowest BCUT2D eigenvalue weighted by atomic mass is 10.2. The molecule has 0 aliphatic heterocycles. The Labute approximate surface area is 83.1 Å². The maximum atomic E-state index is 11.4. The average molecular weight is 196 g/mol. The van der Waals surface area contributed by atoms with E-state index in [1.54, 1.807) is 6.07 Å². The van der Waals surface area contributed by atoms with Gasteiger partial charge in [-0.25, -0.2) is 0 Å². The van der Waals surface area contributed by atoms with Crippen molar-refractivity contribution in [3.05, 3.63) is 11.8 Å². The van der Waals surface area contributed by atoms with Gasteiger partial charge in [-0.1, -0.05) is 13.3 Å². The minimum Gasteiger partial charge on any atom is -0.320 e. The molecule has 1 unspecified atom stereocenters. The van der Waals surface area contributed by atoms with Gasteiger partial charge in [-0.05, 0) is 13.3 Å². The van der Waals surface area contributed by atoms with Crippen molar-refractivity contribution in [1.82, 2.24) is 10.2 Å². The quantitative estimate of drug-likeness (QED) is 0.665. The Bertz CT molecular complexity index is 308. The summed E-state index contributed by atoms with van der Waals surface area (Å²) >= 11 is 0. The monoisotopic (exact) mass is 196 g/mol. The van der Waals surface area contributed by atoms with Crippen molar-refractivity contribution < 1.29 is 4.79 Å². The van der Waals surface area contributed by atoms with E-state index in [0.29, 0.717) is 12.2 Å². The van der Waals surface area contributed by atoms with E-state index in [1.165, 1.54) is 0 Å². The first-order chi connectivity index (χ1) is 6.63. The maximum Gasteiger partial charge on any atom is 0.242 e. The molecule has 4 N–H and O–H groups in total. The first-order valence-electron chi connectivity index (χ1n) is 4.72. The third kappa shape index (κ3) is 2.85. The molecule has 0 bridgehead atoms. The van der Waals surface area contributed by atoms with Gasteiger partial charge in [0.15, 0.2) is 5.82 Å². The molecule has 1 aromatic rings. The number of aromatic nitrogens is 2. The fraction of sp³-hybridized carbons (Fsp3) is 0.556. The van der Waals surface area contributed by atoms with Gasteiger partial charge in [-0.2, -0.15) is 5.10 Å². The summed E-state index contributed by atoms with van der Waals surface area (Å²) in [7, 11) is 0. The van der Waals surface area contributed by atoms with E-state index in [2.05, 4.69) is 15.5 Å². The molecule has 0 aromatic carbocycles. The normalized spacial score (nSPS) is 12.5. The standard InChI is InChI=1S/C9H16N4O/c1-3-4-7(10)9(14)11-8-5-6(2)12-13-8/h5,7H,3-4,10H2,1-2H3,(H2,11,12,13,14). The van der Waals surface area contributed by atoms with Gasteiger partial charge in [-0.3, -0.25) is 9.89 Å². The summed E-state index contributed by atoms with van der Waals surface area (Å²) in [6, 6.07) is 1.31. The van der Waals surface area contributed by atoms with Crippen molar-refractivity contribution in [2.45, 2.75) is 32.7 Å². The highest BCUT2D eigenvalue weighted by Gasteiger charge is 2.12. The molecule has 1 amide bonds. The van der Waals surface area contributed by atoms with Crippen molar-refractivity contribution in [2.75, 3.05) is 5.32 Å². The Hall–Kier alpha value is -1.36. The Kier molecular flexibility index (Phi) is 3.64. The van der Waals surface area contributed by atoms with Crippen molar-refractivity contribution in [3.63, 3.8) is 0 Å². The molecule has 1 rings (SSSR count). The van der Waals surface area contributed by atoms with Gasteiger partial charge in [0.25, 0.3) is 0 Å². The first kappa shape index (κ1) is 10.7. The first-order valence-corrected chi connectivity index (χ1v) is 4.72. The highest BCUT2D eigenvalue weighted by Crippen LogP contribution is 2.05. The van der Waals surface area contributed by atoms with Crippen LogP contribution < -0.4 is 11.1 Å². The van der Waals surface area contributed by atoms with E-state index in [0.717, 1.165) is 12.1 Å². The third-order valence-corrected chi connectivity index (χ3v) is 1.89. The Morgan fingerprint density at radius 2 is 2.50 bits per heavy atom. The van der Waals surface area contributed by atoms with Crippen LogP contribution in [0.25, 0.3) is 0 Å². The molecule has 14 heavy (non-hydrogen) atoms. The molecule has 0 saturated carbocycles. The fourth-order valence-electron chi connectivity index (χ4n) is 1.14. The molecule has 0 saturated heterocycles. The molecule has 5 nitrogen and oxygen atoms in total. The summed E-state index contributed by atoms with van der Waals surface area (Å²) in [5, 5.41) is 9.27. The predicted molar refractivity (Wildman–Crippen MR) is 54.8 cm³/mol. The van der Waals surface area contributed by atoms with E-state index in [4.69, 9.17) is 5.73 Å². The highest BCUT2D eigenvalue weighted by molar-refractivity contribution is 5.93. The van der Waals surface area contributed by atoms with Crippen molar-refractivity contribution in [2.24, 2.45) is 5.73 Å². The number of nitrogens with two attached hydrogens (primary N) is 1. The van der Waals surface area contributed by atoms with Crippen LogP contribution in [0.3, 0.4) is 0 Å². The predicted octanol–water partition coefficient (Wildman–Crippen LogP) is 0.784. The molecule has 1 heterocycles. The molecule has 5 heteroatoms. The minimum absolute atomic E-state index is 0.182. The van der Waals surface area contributed by atoms with Crippen LogP contribution in [0, 0.1) is 6.92 Å². The number of aryl methyl sites for hydroxylation is 1. The van der Waals surface area contributed by atoms with E-state index in [-0.39, 0.29) is 5.91 Å². The van der Waals surface area contributed by atoms with Gasteiger partial charge in [0.1, 0.15) is 0 Å². The van der Waals surface area contributed by atoms with Crippen LogP contribution in [0.1, 0.15) is 25.5 Å². The van der Waals surface area contributed by atoms with Gasteiger partial charge in [0.05, 0.1) is 6.04 Å². The van der Waals surface area contributed by atoms with Gasteiger partial charge in [0, 0.05) is 11.8 Å². The lowest BCUT2D eigenvalue weighted by molar-refractivity contribution is -0.117. The highest BCUT2D eigenvalue weighted by atomic mass is 16.2. The number of H-pyrrole nitrogens is 1. The number of hydrogen-bond donors (Lipinski definition) is 3. The zero-order valence-corrected chi connectivity index (χ0v) is 8.50. The number of anilines is 1. The van der Waals surface area contributed by atoms with Crippen molar-refractivity contribution in [3.8, 4) is 0 Å². The summed E-state index contributed by atoms with van der Waals surface area (Å²) in [5.41, 5.74) is 6.54. The number of carbonyl (C=O) groups excluding carboxylic acids is 1. The van der Waals surface area contributed by atoms with Gasteiger partial charge >= 0.3 is 0 Å². The van der Waals surface area contributed by atoms with Crippen LogP contribution in [0.15, 0.2) is 6.07 Å². The molecule has 1 aromatic heterocycles. The molecular formula is C9H16N4O. The Morgan fingerprint density at radius 1 is 1.79 bits per heavy atom. The summed E-state index contributed by atoms with van der Waals surface area (Å²) in [4.78, 5) is 11.4. The van der Waals surface area contributed by atoms with Gasteiger partial charge < -0.3 is 11.1 Å². The maximum absolute atomic E-state index is 11.4. The van der Waals surface area contributed by atoms with E-state index in [1.807, 2.05) is 13.8 Å². The molecular weight excluding hydrogens is 180 g/mol. The van der Waals surface area contributed by atoms with Crippen molar-refractivity contribution >= 4 is 11.7 Å². The second-order valence-corrected chi connectivity index (χ2v) is 3.32. The Morgan fingerprint density at radius 3 is 3.00 bits per heavy atom. The number of aromatic amines is 1. The number of amides is 1. The number of hydrogen-bond acceptors (Lipinski definition) is 3. The number of carbonyl (C=O) groups is 1. The lowest BCUT2D eigenvalue weighted by Crippen LogP contribution is -2.35. The molecule has 0 fully saturated rings. The molecule has 0 aliphatic rings. The van der Waals surface area contributed by atoms with Gasteiger partial charge in [0.2, 0.25) is 5.91 Å². The van der Waals surface area contributed by atoms with Crippen LogP contribution in [0.2, 0.25) is 0 Å². The van der Waals surface area contributed by atoms with E-state index < -0.39 is 6.04 Å². The van der Waals surface area contributed by atoms with Crippen LogP contribution in [0.4, 0.5) is 5.82 Å². The smallest absolute Gasteiger partial charge is 0.242 e. The van der Waals surface area contributed by atoms with Crippen LogP contribution in [-0.2, 0) is 4.79 Å². The molecule has 0 aliphatic carbocycles. The SMILES string of the molecule is CCCC(N)C(=O)Nc1cc(C)[nH]n1. The number of nitrogens with zero attached hydrogens (tertiary/aromatic N) is 1. The summed E-state index contributed by atoms with van der Waals surface area (Å²) in [5.74, 6) is 0.345. The van der Waals surface area contributed by atoms with Crippen LogP contribution in [-0.4, -0.2) is 22.1 Å². The molecule has 1 atom stereocenters. The minimum atomic E-state index is -0.447. The number of nitrogens with one attached hydrogen (secondary N) is 2. The topological polar surface area (TPSA) is 83.8 Å². The summed E-state index contributed by atoms with van der Waals surface area (Å²) in [6.45, 7) is 3.86. The lowest BCUT2D eigenvalue weighted by Gasteiger charge is -2.08. The summed E-state index contributed by atoms with van der Waals surface area (Å²) < 4.78 is 0. The Balaban J connectivity index is 2.48.